The van der Waals surface area contributed by atoms with Crippen molar-refractivity contribution in [3.05, 3.63) is 35.9 Å². The minimum atomic E-state index is -0.551. The fourth-order valence-corrected chi connectivity index (χ4v) is 1.80. The first-order valence-corrected chi connectivity index (χ1v) is 7.32. The van der Waals surface area contributed by atoms with Crippen LogP contribution in [0.1, 0.15) is 31.7 Å². The SMILES string of the molecule is CCCCNC(=O)C(CC(=O)OCc1ccccc1)NC. The highest BCUT2D eigenvalue weighted by Gasteiger charge is 2.20. The Morgan fingerprint density at radius 1 is 1.24 bits per heavy atom. The number of carbonyl (C=O) groups excluding carboxylic acids is 2. The quantitative estimate of drug-likeness (QED) is 0.536. The zero-order valence-corrected chi connectivity index (χ0v) is 12.7. The third kappa shape index (κ3) is 6.90. The third-order valence-corrected chi connectivity index (χ3v) is 3.11. The summed E-state index contributed by atoms with van der Waals surface area (Å²) >= 11 is 0. The Morgan fingerprint density at radius 3 is 2.57 bits per heavy atom. The van der Waals surface area contributed by atoms with Gasteiger partial charge in [-0.05, 0) is 19.0 Å². The van der Waals surface area contributed by atoms with Gasteiger partial charge in [0.1, 0.15) is 6.61 Å². The number of likely N-dealkylation sites (N-methyl/N-ethyl adjacent to an activating group) is 1. The Labute approximate surface area is 126 Å². The van der Waals surface area contributed by atoms with Crippen LogP contribution in [0.3, 0.4) is 0 Å². The van der Waals surface area contributed by atoms with Gasteiger partial charge in [-0.1, -0.05) is 43.7 Å². The van der Waals surface area contributed by atoms with E-state index < -0.39 is 6.04 Å². The number of carbonyl (C=O) groups is 2. The molecule has 0 aliphatic carbocycles. The lowest BCUT2D eigenvalue weighted by Gasteiger charge is -2.15. The van der Waals surface area contributed by atoms with Crippen molar-refractivity contribution in [2.45, 2.75) is 38.8 Å². The number of amides is 1. The highest BCUT2D eigenvalue weighted by molar-refractivity contribution is 5.86. The zero-order valence-electron chi connectivity index (χ0n) is 12.7. The minimum Gasteiger partial charge on any atom is -0.461 e. The summed E-state index contributed by atoms with van der Waals surface area (Å²) in [6.07, 6.45) is 1.98. The van der Waals surface area contributed by atoms with Gasteiger partial charge in [0.05, 0.1) is 12.5 Å². The van der Waals surface area contributed by atoms with Crippen LogP contribution in [0.4, 0.5) is 0 Å². The van der Waals surface area contributed by atoms with Crippen LogP contribution in [0, 0.1) is 0 Å². The zero-order chi connectivity index (χ0) is 15.5. The normalized spacial score (nSPS) is 11.7. The van der Waals surface area contributed by atoms with Gasteiger partial charge in [-0.2, -0.15) is 0 Å². The number of benzene rings is 1. The molecular weight excluding hydrogens is 268 g/mol. The molecule has 0 bridgehead atoms. The van der Waals surface area contributed by atoms with Crippen LogP contribution < -0.4 is 10.6 Å². The van der Waals surface area contributed by atoms with Gasteiger partial charge < -0.3 is 15.4 Å². The number of esters is 1. The summed E-state index contributed by atoms with van der Waals surface area (Å²) in [4.78, 5) is 23.7. The molecule has 1 unspecified atom stereocenters. The first-order chi connectivity index (χ1) is 10.2. The molecule has 1 amide bonds. The minimum absolute atomic E-state index is 0.0291. The molecule has 0 aromatic heterocycles. The Balaban J connectivity index is 2.34. The van der Waals surface area contributed by atoms with Gasteiger partial charge in [0, 0.05) is 6.54 Å². The maximum Gasteiger partial charge on any atom is 0.308 e. The van der Waals surface area contributed by atoms with E-state index in [-0.39, 0.29) is 24.9 Å². The largest absolute Gasteiger partial charge is 0.461 e. The van der Waals surface area contributed by atoms with Gasteiger partial charge in [-0.3, -0.25) is 9.59 Å². The fourth-order valence-electron chi connectivity index (χ4n) is 1.80. The highest BCUT2D eigenvalue weighted by Crippen LogP contribution is 2.03. The van der Waals surface area contributed by atoms with Crippen molar-refractivity contribution in [3.8, 4) is 0 Å². The average Bonchev–Trinajstić information content (AvgIpc) is 2.51. The van der Waals surface area contributed by atoms with Gasteiger partial charge in [-0.25, -0.2) is 0 Å². The fraction of sp³-hybridized carbons (Fsp3) is 0.500. The van der Waals surface area contributed by atoms with Crippen LogP contribution >= 0.6 is 0 Å². The molecule has 21 heavy (non-hydrogen) atoms. The molecule has 1 atom stereocenters. The summed E-state index contributed by atoms with van der Waals surface area (Å²) in [5, 5.41) is 5.65. The summed E-state index contributed by atoms with van der Waals surface area (Å²) in [6.45, 7) is 2.92. The van der Waals surface area contributed by atoms with E-state index in [2.05, 4.69) is 17.6 Å². The molecule has 0 heterocycles. The van der Waals surface area contributed by atoms with E-state index in [4.69, 9.17) is 4.74 Å². The Hall–Kier alpha value is -1.88. The number of hydrogen-bond donors (Lipinski definition) is 2. The van der Waals surface area contributed by atoms with Gasteiger partial charge >= 0.3 is 5.97 Å². The number of ether oxygens (including phenoxy) is 1. The molecule has 0 aliphatic heterocycles. The van der Waals surface area contributed by atoms with Crippen LogP contribution in [-0.4, -0.2) is 31.5 Å². The van der Waals surface area contributed by atoms with Gasteiger partial charge in [0.25, 0.3) is 0 Å². The molecule has 1 aromatic rings. The first-order valence-electron chi connectivity index (χ1n) is 7.32. The molecule has 2 N–H and O–H groups in total. The van der Waals surface area contributed by atoms with E-state index in [1.807, 2.05) is 30.3 Å². The van der Waals surface area contributed by atoms with Crippen LogP contribution in [0.5, 0.6) is 0 Å². The van der Waals surface area contributed by atoms with E-state index in [1.54, 1.807) is 7.05 Å². The Morgan fingerprint density at radius 2 is 1.95 bits per heavy atom. The Bertz CT molecular complexity index is 434. The molecule has 0 saturated carbocycles. The molecule has 5 heteroatoms. The molecule has 5 nitrogen and oxygen atoms in total. The van der Waals surface area contributed by atoms with Crippen LogP contribution in [-0.2, 0) is 20.9 Å². The summed E-state index contributed by atoms with van der Waals surface area (Å²) in [5.41, 5.74) is 0.930. The summed E-state index contributed by atoms with van der Waals surface area (Å²) in [7, 11) is 1.66. The van der Waals surface area contributed by atoms with E-state index in [1.165, 1.54) is 0 Å². The maximum absolute atomic E-state index is 11.9. The van der Waals surface area contributed by atoms with E-state index in [0.717, 1.165) is 18.4 Å². The predicted molar refractivity (Wildman–Crippen MR) is 81.6 cm³/mol. The summed E-state index contributed by atoms with van der Waals surface area (Å²) < 4.78 is 5.18. The summed E-state index contributed by atoms with van der Waals surface area (Å²) in [5.74, 6) is -0.550. The molecule has 0 aliphatic rings. The van der Waals surface area contributed by atoms with Crippen molar-refractivity contribution in [3.63, 3.8) is 0 Å². The van der Waals surface area contributed by atoms with Crippen LogP contribution in [0.2, 0.25) is 0 Å². The molecule has 1 aromatic carbocycles. The number of unbranched alkanes of at least 4 members (excludes halogenated alkanes) is 1. The molecule has 1 rings (SSSR count). The maximum atomic E-state index is 11.9. The van der Waals surface area contributed by atoms with E-state index in [0.29, 0.717) is 6.54 Å². The predicted octanol–water partition coefficient (Wildman–Crippen LogP) is 1.62. The third-order valence-electron chi connectivity index (χ3n) is 3.11. The van der Waals surface area contributed by atoms with E-state index in [9.17, 15) is 9.59 Å². The van der Waals surface area contributed by atoms with Crippen LogP contribution in [0.25, 0.3) is 0 Å². The van der Waals surface area contributed by atoms with Crippen molar-refractivity contribution in [2.75, 3.05) is 13.6 Å². The monoisotopic (exact) mass is 292 g/mol. The first kappa shape index (κ1) is 17.2. The Kier molecular flexibility index (Phi) is 8.12. The van der Waals surface area contributed by atoms with Crippen molar-refractivity contribution in [2.24, 2.45) is 0 Å². The average molecular weight is 292 g/mol. The summed E-state index contributed by atoms with van der Waals surface area (Å²) in [6, 6.07) is 8.91. The van der Waals surface area contributed by atoms with Gasteiger partial charge in [-0.15, -0.1) is 0 Å². The molecular formula is C16H24N2O3. The second kappa shape index (κ2) is 9.94. The molecule has 0 spiro atoms. The van der Waals surface area contributed by atoms with Crippen LogP contribution in [0.15, 0.2) is 30.3 Å². The second-order valence-electron chi connectivity index (χ2n) is 4.84. The standard InChI is InChI=1S/C16H24N2O3/c1-3-4-10-18-16(20)14(17-2)11-15(19)21-12-13-8-6-5-7-9-13/h5-9,14,17H,3-4,10-12H2,1-2H3,(H,18,20). The van der Waals surface area contributed by atoms with Gasteiger partial charge in [0.15, 0.2) is 0 Å². The molecule has 0 fully saturated rings. The lowest BCUT2D eigenvalue weighted by atomic mass is 10.2. The lowest BCUT2D eigenvalue weighted by molar-refractivity contribution is -0.147. The molecule has 0 radical (unpaired) electrons. The van der Waals surface area contributed by atoms with Gasteiger partial charge in [0.2, 0.25) is 5.91 Å². The highest BCUT2D eigenvalue weighted by atomic mass is 16.5. The number of hydrogen-bond acceptors (Lipinski definition) is 4. The number of rotatable bonds is 9. The topological polar surface area (TPSA) is 67.4 Å². The second-order valence-corrected chi connectivity index (χ2v) is 4.84. The lowest BCUT2D eigenvalue weighted by Crippen LogP contribution is -2.44. The van der Waals surface area contributed by atoms with Crippen molar-refractivity contribution in [1.82, 2.24) is 10.6 Å². The van der Waals surface area contributed by atoms with Crippen molar-refractivity contribution < 1.29 is 14.3 Å². The van der Waals surface area contributed by atoms with Crippen molar-refractivity contribution >= 4 is 11.9 Å². The van der Waals surface area contributed by atoms with E-state index >= 15 is 0 Å². The number of nitrogens with one attached hydrogen (secondary N) is 2. The van der Waals surface area contributed by atoms with Crippen molar-refractivity contribution in [1.29, 1.82) is 0 Å². The smallest absolute Gasteiger partial charge is 0.308 e. The molecule has 116 valence electrons. The molecule has 0 saturated heterocycles.